The van der Waals surface area contributed by atoms with E-state index in [1.165, 1.54) is 5.56 Å². The van der Waals surface area contributed by atoms with E-state index < -0.39 is 12.1 Å². The number of carboxylic acids is 1. The third-order valence-electron chi connectivity index (χ3n) is 4.77. The van der Waals surface area contributed by atoms with Gasteiger partial charge in [-0.05, 0) is 37.4 Å². The molecule has 1 fully saturated rings. The van der Waals surface area contributed by atoms with E-state index in [9.17, 15) is 22.8 Å². The quantitative estimate of drug-likeness (QED) is 0.625. The molecule has 0 bridgehead atoms. The molecule has 3 N–H and O–H groups in total. The molecule has 0 saturated carbocycles. The first-order valence-electron chi connectivity index (χ1n) is 9.55. The molecule has 10 heteroatoms. The molecule has 164 valence electrons. The summed E-state index contributed by atoms with van der Waals surface area (Å²) in [5, 5.41) is 13.2. The zero-order valence-electron chi connectivity index (χ0n) is 16.4. The number of carbonyl (C=O) groups is 3. The minimum absolute atomic E-state index is 0.0201. The molecule has 2 aliphatic rings. The molecule has 1 aromatic carbocycles. The summed E-state index contributed by atoms with van der Waals surface area (Å²) in [6.45, 7) is 3.62. The summed E-state index contributed by atoms with van der Waals surface area (Å²) in [4.78, 5) is 35.1. The Hall–Kier alpha value is -2.88. The number of hydrogen-bond donors (Lipinski definition) is 3. The lowest BCUT2D eigenvalue weighted by atomic mass is 10.1. The van der Waals surface area contributed by atoms with Gasteiger partial charge in [-0.1, -0.05) is 31.2 Å². The highest BCUT2D eigenvalue weighted by molar-refractivity contribution is 6.03. The smallest absolute Gasteiger partial charge is 0.475 e. The Morgan fingerprint density at radius 3 is 2.50 bits per heavy atom. The average Bonchev–Trinajstić information content (AvgIpc) is 3.07. The number of fused-ring (bicyclic) bond motifs is 1. The number of halogens is 3. The van der Waals surface area contributed by atoms with Gasteiger partial charge in [-0.15, -0.1) is 0 Å². The molecule has 0 radical (unpaired) electrons. The summed E-state index contributed by atoms with van der Waals surface area (Å²) in [6.07, 6.45) is 0.857. The van der Waals surface area contributed by atoms with E-state index in [0.29, 0.717) is 0 Å². The maximum absolute atomic E-state index is 12.4. The highest BCUT2D eigenvalue weighted by Gasteiger charge is 2.38. The lowest BCUT2D eigenvalue weighted by molar-refractivity contribution is -0.192. The first kappa shape index (κ1) is 23.4. The number of rotatable bonds is 5. The molecule has 7 nitrogen and oxygen atoms in total. The van der Waals surface area contributed by atoms with E-state index in [4.69, 9.17) is 9.90 Å². The summed E-state index contributed by atoms with van der Waals surface area (Å²) in [7, 11) is 0. The molecule has 30 heavy (non-hydrogen) atoms. The molecule has 0 unspecified atom stereocenters. The molecular formula is C20H24F3N3O4. The van der Waals surface area contributed by atoms with Crippen LogP contribution in [0.25, 0.3) is 0 Å². The van der Waals surface area contributed by atoms with Crippen molar-refractivity contribution in [3.63, 3.8) is 0 Å². The maximum atomic E-state index is 12.4. The lowest BCUT2D eigenvalue weighted by Crippen LogP contribution is -2.54. The highest BCUT2D eigenvalue weighted by atomic mass is 19.4. The van der Waals surface area contributed by atoms with Gasteiger partial charge in [-0.2, -0.15) is 13.2 Å². The monoisotopic (exact) mass is 427 g/mol. The van der Waals surface area contributed by atoms with Gasteiger partial charge in [0.2, 0.25) is 5.91 Å². The fourth-order valence-electron chi connectivity index (χ4n) is 2.94. The van der Waals surface area contributed by atoms with Gasteiger partial charge in [0.25, 0.3) is 5.91 Å². The Kier molecular flexibility index (Phi) is 7.99. The van der Waals surface area contributed by atoms with Crippen LogP contribution in [0.5, 0.6) is 0 Å². The summed E-state index contributed by atoms with van der Waals surface area (Å²) in [5.41, 5.74) is 2.21. The Bertz CT molecular complexity index is 807. The number of nitrogens with zero attached hydrogens (tertiary/aromatic N) is 1. The van der Waals surface area contributed by atoms with Gasteiger partial charge in [0.1, 0.15) is 0 Å². The van der Waals surface area contributed by atoms with Gasteiger partial charge < -0.3 is 20.6 Å². The number of aliphatic carboxylic acids is 1. The van der Waals surface area contributed by atoms with Crippen molar-refractivity contribution in [3.05, 3.63) is 42.0 Å². The van der Waals surface area contributed by atoms with Crippen LogP contribution in [0.2, 0.25) is 0 Å². The van der Waals surface area contributed by atoms with Crippen LogP contribution in [-0.4, -0.2) is 54.2 Å². The average molecular weight is 427 g/mol. The van der Waals surface area contributed by atoms with E-state index in [0.717, 1.165) is 38.0 Å². The summed E-state index contributed by atoms with van der Waals surface area (Å²) in [6, 6.07) is 7.82. The number of para-hydroxylation sites is 1. The maximum Gasteiger partial charge on any atom is 0.490 e. The second-order valence-electron chi connectivity index (χ2n) is 6.85. The van der Waals surface area contributed by atoms with Crippen molar-refractivity contribution >= 4 is 23.5 Å². The zero-order valence-corrected chi connectivity index (χ0v) is 16.4. The second-order valence-corrected chi connectivity index (χ2v) is 6.85. The SMILES string of the molecule is CC[C@@H](C=CC(=O)N1CCc2ccccc21)NC(=O)[C@@H]1CCN1.O=C(O)C(F)(F)F. The van der Waals surface area contributed by atoms with E-state index in [-0.39, 0.29) is 23.9 Å². The molecule has 2 amide bonds. The molecule has 2 atom stereocenters. The van der Waals surface area contributed by atoms with Crippen LogP contribution in [0.15, 0.2) is 36.4 Å². The van der Waals surface area contributed by atoms with E-state index in [1.807, 2.05) is 25.1 Å². The van der Waals surface area contributed by atoms with Crippen molar-refractivity contribution in [1.82, 2.24) is 10.6 Å². The Balaban J connectivity index is 0.000000396. The predicted molar refractivity (Wildman–Crippen MR) is 104 cm³/mol. The highest BCUT2D eigenvalue weighted by Crippen LogP contribution is 2.27. The Morgan fingerprint density at radius 1 is 1.33 bits per heavy atom. The van der Waals surface area contributed by atoms with Crippen LogP contribution in [-0.2, 0) is 20.8 Å². The number of amides is 2. The van der Waals surface area contributed by atoms with Crippen molar-refractivity contribution in [1.29, 1.82) is 0 Å². The number of carboxylic acid groups (broad SMARTS) is 1. The van der Waals surface area contributed by atoms with Gasteiger partial charge in [-0.25, -0.2) is 4.79 Å². The van der Waals surface area contributed by atoms with Crippen LogP contribution in [0.3, 0.4) is 0 Å². The lowest BCUT2D eigenvalue weighted by Gasteiger charge is -2.27. The molecule has 0 aromatic heterocycles. The molecule has 0 aliphatic carbocycles. The Labute approximate surface area is 171 Å². The van der Waals surface area contributed by atoms with Crippen LogP contribution in [0, 0.1) is 0 Å². The van der Waals surface area contributed by atoms with Gasteiger partial charge in [-0.3, -0.25) is 9.59 Å². The number of alkyl halides is 3. The summed E-state index contributed by atoms with van der Waals surface area (Å²) < 4.78 is 31.7. The summed E-state index contributed by atoms with van der Waals surface area (Å²) in [5.74, 6) is -2.76. The van der Waals surface area contributed by atoms with Crippen molar-refractivity contribution < 1.29 is 32.7 Å². The third-order valence-corrected chi connectivity index (χ3v) is 4.77. The number of carbonyl (C=O) groups excluding carboxylic acids is 2. The largest absolute Gasteiger partial charge is 0.490 e. The van der Waals surface area contributed by atoms with Crippen LogP contribution in [0.4, 0.5) is 18.9 Å². The van der Waals surface area contributed by atoms with Crippen molar-refractivity contribution in [2.75, 3.05) is 18.0 Å². The fraction of sp³-hybridized carbons (Fsp3) is 0.450. The second kappa shape index (κ2) is 10.2. The van der Waals surface area contributed by atoms with E-state index in [2.05, 4.69) is 16.7 Å². The van der Waals surface area contributed by atoms with Crippen LogP contribution in [0.1, 0.15) is 25.3 Å². The standard InChI is InChI=1S/C18H23N3O2.C2HF3O2/c1-2-14(20-18(23)15-9-11-19-15)7-8-17(22)21-12-10-13-5-3-4-6-16(13)21;3-2(4,5)1(6)7/h3-8,14-15,19H,2,9-12H2,1H3,(H,20,23);(H,6,7)/t14-,15-;/m0./s1. The van der Waals surface area contributed by atoms with E-state index in [1.54, 1.807) is 17.1 Å². The normalized spacial score (nSPS) is 18.7. The summed E-state index contributed by atoms with van der Waals surface area (Å²) >= 11 is 0. The number of hydrogen-bond acceptors (Lipinski definition) is 4. The fourth-order valence-corrected chi connectivity index (χ4v) is 2.94. The number of anilines is 1. The molecule has 1 aromatic rings. The molecule has 2 aliphatic heterocycles. The van der Waals surface area contributed by atoms with Crippen molar-refractivity contribution in [2.24, 2.45) is 0 Å². The minimum atomic E-state index is -5.08. The molecular weight excluding hydrogens is 403 g/mol. The topological polar surface area (TPSA) is 98.7 Å². The van der Waals surface area contributed by atoms with Crippen LogP contribution < -0.4 is 15.5 Å². The predicted octanol–water partition coefficient (Wildman–Crippen LogP) is 2.02. The van der Waals surface area contributed by atoms with Crippen molar-refractivity contribution in [3.8, 4) is 0 Å². The molecule has 3 rings (SSSR count). The van der Waals surface area contributed by atoms with Crippen LogP contribution >= 0.6 is 0 Å². The third kappa shape index (κ3) is 6.31. The number of nitrogens with one attached hydrogen (secondary N) is 2. The van der Waals surface area contributed by atoms with Gasteiger partial charge in [0.05, 0.1) is 6.04 Å². The molecule has 0 spiro atoms. The van der Waals surface area contributed by atoms with Gasteiger partial charge in [0.15, 0.2) is 0 Å². The Morgan fingerprint density at radius 2 is 1.97 bits per heavy atom. The van der Waals surface area contributed by atoms with Crippen molar-refractivity contribution in [2.45, 2.75) is 44.4 Å². The number of benzene rings is 1. The van der Waals surface area contributed by atoms with E-state index >= 15 is 0 Å². The first-order valence-corrected chi connectivity index (χ1v) is 9.55. The first-order chi connectivity index (χ1) is 14.1. The molecule has 1 saturated heterocycles. The molecule has 2 heterocycles. The van der Waals surface area contributed by atoms with Gasteiger partial charge in [0, 0.05) is 24.4 Å². The minimum Gasteiger partial charge on any atom is -0.475 e. The van der Waals surface area contributed by atoms with Gasteiger partial charge >= 0.3 is 12.1 Å². The zero-order chi connectivity index (χ0) is 22.3.